The van der Waals surface area contributed by atoms with E-state index < -0.39 is 18.0 Å². The van der Waals surface area contributed by atoms with Gasteiger partial charge in [0.15, 0.2) is 11.6 Å². The molecule has 7 nitrogen and oxygen atoms in total. The number of nitrogens with zero attached hydrogens (tertiary/aromatic N) is 1. The van der Waals surface area contributed by atoms with E-state index in [1.807, 2.05) is 31.2 Å². The highest BCUT2D eigenvalue weighted by molar-refractivity contribution is 5.94. The van der Waals surface area contributed by atoms with Crippen LogP contribution in [0.15, 0.2) is 24.3 Å². The minimum atomic E-state index is -0.599. The van der Waals surface area contributed by atoms with Gasteiger partial charge >= 0.3 is 0 Å². The topological polar surface area (TPSA) is 92.8 Å². The van der Waals surface area contributed by atoms with Crippen LogP contribution in [0.5, 0.6) is 5.75 Å². The van der Waals surface area contributed by atoms with Gasteiger partial charge in [0.1, 0.15) is 5.75 Å². The number of fused-ring (bicyclic) bond motifs is 2. The Hall–Kier alpha value is -2.70. The molecule has 7 heteroatoms. The van der Waals surface area contributed by atoms with Crippen LogP contribution in [0.2, 0.25) is 0 Å². The van der Waals surface area contributed by atoms with Crippen molar-refractivity contribution in [1.29, 1.82) is 0 Å². The van der Waals surface area contributed by atoms with Gasteiger partial charge in [0.2, 0.25) is 11.8 Å². The molecule has 1 aromatic carbocycles. The zero-order chi connectivity index (χ0) is 24.5. The molecule has 34 heavy (non-hydrogen) atoms. The minimum absolute atomic E-state index is 0.00482. The SMILES string of the molecule is CCC[C@@H]1CC(=O)[C@@H](N2CCCC2=O)Cc2cccc(c2)OCCCC[C@@H](C(=O)CC)NC1=O. The summed E-state index contributed by atoms with van der Waals surface area (Å²) < 4.78 is 5.91. The first kappa shape index (κ1) is 25.9. The highest BCUT2D eigenvalue weighted by Gasteiger charge is 2.35. The van der Waals surface area contributed by atoms with E-state index in [1.54, 1.807) is 11.8 Å². The summed E-state index contributed by atoms with van der Waals surface area (Å²) in [6.07, 6.45) is 5.42. The van der Waals surface area contributed by atoms with Crippen LogP contribution in [0.1, 0.15) is 77.2 Å². The summed E-state index contributed by atoms with van der Waals surface area (Å²) in [4.78, 5) is 53.5. The summed E-state index contributed by atoms with van der Waals surface area (Å²) in [5.74, 6) is -0.107. The average molecular weight is 471 g/mol. The van der Waals surface area contributed by atoms with Crippen LogP contribution >= 0.6 is 0 Å². The Morgan fingerprint density at radius 3 is 2.65 bits per heavy atom. The van der Waals surface area contributed by atoms with Gasteiger partial charge in [-0.1, -0.05) is 32.4 Å². The van der Waals surface area contributed by atoms with Crippen molar-refractivity contribution < 1.29 is 23.9 Å². The molecule has 2 aliphatic rings. The lowest BCUT2D eigenvalue weighted by molar-refractivity contribution is -0.138. The monoisotopic (exact) mass is 470 g/mol. The van der Waals surface area contributed by atoms with Crippen LogP contribution < -0.4 is 10.1 Å². The molecule has 0 saturated carbocycles. The molecule has 1 fully saturated rings. The number of nitrogens with one attached hydrogen (secondary N) is 1. The number of hydrogen-bond donors (Lipinski definition) is 1. The first-order valence-corrected chi connectivity index (χ1v) is 12.8. The first-order chi connectivity index (χ1) is 16.4. The summed E-state index contributed by atoms with van der Waals surface area (Å²) in [5.41, 5.74) is 0.938. The Balaban J connectivity index is 1.90. The zero-order valence-electron chi connectivity index (χ0n) is 20.5. The number of ether oxygens (including phenoxy) is 1. The normalized spacial score (nSPS) is 25.1. The maximum atomic E-state index is 13.6. The number of ketones is 2. The zero-order valence-corrected chi connectivity index (χ0v) is 20.5. The summed E-state index contributed by atoms with van der Waals surface area (Å²) in [6, 6.07) is 6.55. The number of benzene rings is 1. The van der Waals surface area contributed by atoms with Crippen molar-refractivity contribution in [2.75, 3.05) is 13.2 Å². The number of likely N-dealkylation sites (tertiary alicyclic amines) is 1. The van der Waals surface area contributed by atoms with Gasteiger partial charge in [-0.05, 0) is 49.8 Å². The maximum Gasteiger partial charge on any atom is 0.224 e. The Bertz CT molecular complexity index is 884. The molecule has 0 unspecified atom stereocenters. The lowest BCUT2D eigenvalue weighted by Crippen LogP contribution is -2.47. The first-order valence-electron chi connectivity index (χ1n) is 12.8. The molecule has 3 atom stereocenters. The standard InChI is InChI=1S/C27H38N2O5/c1-3-9-20-18-25(31)23(29-14-8-13-26(29)32)17-19-10-7-11-21(16-19)34-15-6-5-12-22(24(30)4-2)28-27(20)33/h7,10-11,16,20,22-23H,3-6,8-9,12-15,17-18H2,1-2H3,(H,28,33)/t20-,22+,23+/m1/s1. The summed E-state index contributed by atoms with van der Waals surface area (Å²) in [6.45, 7) is 4.85. The maximum absolute atomic E-state index is 13.6. The molecule has 0 aliphatic carbocycles. The van der Waals surface area contributed by atoms with Gasteiger partial charge in [-0.3, -0.25) is 19.2 Å². The van der Waals surface area contributed by atoms with E-state index in [0.29, 0.717) is 45.3 Å². The fourth-order valence-corrected chi connectivity index (χ4v) is 4.93. The van der Waals surface area contributed by atoms with Gasteiger partial charge in [-0.15, -0.1) is 0 Å². The van der Waals surface area contributed by atoms with Crippen molar-refractivity contribution in [2.45, 2.75) is 90.1 Å². The fourth-order valence-electron chi connectivity index (χ4n) is 4.93. The van der Waals surface area contributed by atoms with Crippen LogP contribution in [0.25, 0.3) is 0 Å². The van der Waals surface area contributed by atoms with Crippen molar-refractivity contribution in [1.82, 2.24) is 10.2 Å². The molecule has 1 saturated heterocycles. The van der Waals surface area contributed by atoms with E-state index in [4.69, 9.17) is 4.74 Å². The number of amides is 2. The van der Waals surface area contributed by atoms with Crippen molar-refractivity contribution in [3.63, 3.8) is 0 Å². The van der Waals surface area contributed by atoms with Crippen molar-refractivity contribution >= 4 is 23.4 Å². The lowest BCUT2D eigenvalue weighted by Gasteiger charge is -2.29. The highest BCUT2D eigenvalue weighted by Crippen LogP contribution is 2.24. The number of carbonyl (C=O) groups is 4. The molecular formula is C27H38N2O5. The molecule has 0 radical (unpaired) electrons. The molecule has 0 aromatic heterocycles. The number of rotatable bonds is 5. The fraction of sp³-hybridized carbons (Fsp3) is 0.630. The van der Waals surface area contributed by atoms with Gasteiger partial charge in [0.25, 0.3) is 0 Å². The van der Waals surface area contributed by atoms with Crippen molar-refractivity contribution in [2.24, 2.45) is 5.92 Å². The second kappa shape index (κ2) is 12.7. The predicted molar refractivity (Wildman–Crippen MR) is 129 cm³/mol. The van der Waals surface area contributed by atoms with E-state index in [0.717, 1.165) is 37.0 Å². The second-order valence-electron chi connectivity index (χ2n) is 9.44. The highest BCUT2D eigenvalue weighted by atomic mass is 16.5. The smallest absolute Gasteiger partial charge is 0.224 e. The number of hydrogen-bond acceptors (Lipinski definition) is 5. The average Bonchev–Trinajstić information content (AvgIpc) is 3.25. The molecule has 2 amide bonds. The summed E-state index contributed by atoms with van der Waals surface area (Å²) >= 11 is 0. The summed E-state index contributed by atoms with van der Waals surface area (Å²) in [5, 5.41) is 2.94. The molecule has 2 bridgehead atoms. The Kier molecular flexibility index (Phi) is 9.66. The Morgan fingerprint density at radius 1 is 1.12 bits per heavy atom. The molecule has 0 spiro atoms. The van der Waals surface area contributed by atoms with Gasteiger partial charge < -0.3 is 15.0 Å². The third-order valence-corrected chi connectivity index (χ3v) is 6.85. The van der Waals surface area contributed by atoms with Crippen molar-refractivity contribution in [3.8, 4) is 5.75 Å². The van der Waals surface area contributed by atoms with E-state index in [9.17, 15) is 19.2 Å². The van der Waals surface area contributed by atoms with Crippen LogP contribution in [0, 0.1) is 5.92 Å². The molecule has 2 heterocycles. The molecule has 1 aromatic rings. The Labute approximate surface area is 202 Å². The minimum Gasteiger partial charge on any atom is -0.494 e. The van der Waals surface area contributed by atoms with Gasteiger partial charge in [0, 0.05) is 38.1 Å². The van der Waals surface area contributed by atoms with Gasteiger partial charge in [-0.2, -0.15) is 0 Å². The largest absolute Gasteiger partial charge is 0.494 e. The molecule has 1 N–H and O–H groups in total. The number of Topliss-reactive ketones (excluding diaryl/α,β-unsaturated/α-hetero) is 2. The third-order valence-electron chi connectivity index (χ3n) is 6.85. The summed E-state index contributed by atoms with van der Waals surface area (Å²) in [7, 11) is 0. The quantitative estimate of drug-likeness (QED) is 0.710. The molecule has 2 aliphatic heterocycles. The van der Waals surface area contributed by atoms with E-state index >= 15 is 0 Å². The third kappa shape index (κ3) is 6.90. The van der Waals surface area contributed by atoms with Gasteiger partial charge in [-0.25, -0.2) is 0 Å². The van der Waals surface area contributed by atoms with Crippen LogP contribution in [0.4, 0.5) is 0 Å². The van der Waals surface area contributed by atoms with E-state index in [-0.39, 0.29) is 29.8 Å². The Morgan fingerprint density at radius 2 is 1.94 bits per heavy atom. The molecule has 186 valence electrons. The molecule has 3 rings (SSSR count). The van der Waals surface area contributed by atoms with Crippen LogP contribution in [0.3, 0.4) is 0 Å². The van der Waals surface area contributed by atoms with E-state index in [1.165, 1.54) is 0 Å². The van der Waals surface area contributed by atoms with Crippen molar-refractivity contribution in [3.05, 3.63) is 29.8 Å². The lowest BCUT2D eigenvalue weighted by atomic mass is 9.90. The predicted octanol–water partition coefficient (Wildman–Crippen LogP) is 3.62. The second-order valence-corrected chi connectivity index (χ2v) is 9.44. The van der Waals surface area contributed by atoms with Crippen LogP contribution in [-0.2, 0) is 25.6 Å². The number of carbonyl (C=O) groups excluding carboxylic acids is 4. The van der Waals surface area contributed by atoms with Crippen LogP contribution in [-0.4, -0.2) is 53.5 Å². The van der Waals surface area contributed by atoms with E-state index in [2.05, 4.69) is 5.32 Å². The van der Waals surface area contributed by atoms with Gasteiger partial charge in [0.05, 0.1) is 18.7 Å². The molecular weight excluding hydrogens is 432 g/mol.